The van der Waals surface area contributed by atoms with Crippen molar-refractivity contribution < 1.29 is 9.90 Å². The number of aliphatic carboxylic acids is 1. The second-order valence-electron chi connectivity index (χ2n) is 2.71. The van der Waals surface area contributed by atoms with Gasteiger partial charge < -0.3 is 5.11 Å². The van der Waals surface area contributed by atoms with E-state index in [1.54, 1.807) is 0 Å². The summed E-state index contributed by atoms with van der Waals surface area (Å²) in [6.07, 6.45) is 3.73. The van der Waals surface area contributed by atoms with Gasteiger partial charge in [-0.2, -0.15) is 0 Å². The second kappa shape index (κ2) is 2.46. The van der Waals surface area contributed by atoms with E-state index in [1.807, 2.05) is 13.2 Å². The predicted molar refractivity (Wildman–Crippen MR) is 42.3 cm³/mol. The third-order valence-corrected chi connectivity index (χ3v) is 3.67. The Morgan fingerprint density at radius 3 is 2.60 bits per heavy atom. The molecule has 0 aromatic heterocycles. The summed E-state index contributed by atoms with van der Waals surface area (Å²) in [5.74, 6) is -0.216. The van der Waals surface area contributed by atoms with Crippen molar-refractivity contribution in [3.63, 3.8) is 0 Å². The molecule has 0 bridgehead atoms. The molecule has 0 aliphatic heterocycles. The van der Waals surface area contributed by atoms with Crippen LogP contribution in [0.4, 0.5) is 0 Å². The molecule has 58 valence electrons. The Kier molecular flexibility index (Phi) is 1.95. The van der Waals surface area contributed by atoms with Crippen LogP contribution < -0.4 is 0 Å². The van der Waals surface area contributed by atoms with Gasteiger partial charge in [0.1, 0.15) is 4.75 Å². The van der Waals surface area contributed by atoms with Crippen LogP contribution in [-0.2, 0) is 4.79 Å². The average Bonchev–Trinajstić information content (AvgIpc) is 2.62. The first kappa shape index (κ1) is 7.92. The highest BCUT2D eigenvalue weighted by Gasteiger charge is 2.58. The number of hydrogen-bond acceptors (Lipinski definition) is 2. The number of thioether (sulfide) groups is 1. The van der Waals surface area contributed by atoms with Crippen molar-refractivity contribution in [3.05, 3.63) is 0 Å². The first-order valence-corrected chi connectivity index (χ1v) is 4.68. The third kappa shape index (κ3) is 0.926. The van der Waals surface area contributed by atoms with Gasteiger partial charge in [0, 0.05) is 0 Å². The molecule has 0 aromatic rings. The van der Waals surface area contributed by atoms with E-state index in [0.29, 0.717) is 5.92 Å². The van der Waals surface area contributed by atoms with Crippen LogP contribution in [0, 0.1) is 5.92 Å². The maximum Gasteiger partial charge on any atom is 0.320 e. The Hall–Kier alpha value is -0.180. The Bertz CT molecular complexity index is 158. The van der Waals surface area contributed by atoms with E-state index in [2.05, 4.69) is 0 Å². The van der Waals surface area contributed by atoms with Crippen molar-refractivity contribution in [2.75, 3.05) is 6.26 Å². The zero-order valence-electron chi connectivity index (χ0n) is 6.26. The molecule has 0 saturated heterocycles. The minimum absolute atomic E-state index is 0.408. The summed E-state index contributed by atoms with van der Waals surface area (Å²) in [7, 11) is 0. The lowest BCUT2D eigenvalue weighted by atomic mass is 10.2. The molecule has 1 N–H and O–H groups in total. The highest BCUT2D eigenvalue weighted by Crippen LogP contribution is 2.55. The first-order chi connectivity index (χ1) is 4.67. The van der Waals surface area contributed by atoms with Gasteiger partial charge in [-0.3, -0.25) is 4.79 Å². The van der Waals surface area contributed by atoms with E-state index in [4.69, 9.17) is 5.11 Å². The molecule has 0 spiro atoms. The fourth-order valence-corrected chi connectivity index (χ4v) is 2.42. The van der Waals surface area contributed by atoms with Crippen LogP contribution in [0.25, 0.3) is 0 Å². The molecule has 2 unspecified atom stereocenters. The van der Waals surface area contributed by atoms with Gasteiger partial charge in [-0.05, 0) is 18.6 Å². The fourth-order valence-electron chi connectivity index (χ4n) is 1.38. The maximum atomic E-state index is 10.7. The molecule has 0 heterocycles. The second-order valence-corrected chi connectivity index (χ2v) is 3.84. The molecule has 2 nitrogen and oxygen atoms in total. The smallest absolute Gasteiger partial charge is 0.320 e. The summed E-state index contributed by atoms with van der Waals surface area (Å²) < 4.78 is -0.408. The molecular weight excluding hydrogens is 148 g/mol. The summed E-state index contributed by atoms with van der Waals surface area (Å²) in [6.45, 7) is 2.05. The van der Waals surface area contributed by atoms with Gasteiger partial charge in [-0.15, -0.1) is 11.8 Å². The summed E-state index contributed by atoms with van der Waals surface area (Å²) in [4.78, 5) is 10.7. The van der Waals surface area contributed by atoms with Gasteiger partial charge in [0.2, 0.25) is 0 Å². The van der Waals surface area contributed by atoms with Crippen LogP contribution in [0.2, 0.25) is 0 Å². The van der Waals surface area contributed by atoms with Gasteiger partial charge in [-0.25, -0.2) is 0 Å². The molecule has 1 rings (SSSR count). The quantitative estimate of drug-likeness (QED) is 0.681. The predicted octanol–water partition coefficient (Wildman–Crippen LogP) is 1.60. The van der Waals surface area contributed by atoms with Crippen LogP contribution in [-0.4, -0.2) is 22.1 Å². The lowest BCUT2D eigenvalue weighted by molar-refractivity contribution is -0.137. The van der Waals surface area contributed by atoms with Gasteiger partial charge in [0.05, 0.1) is 0 Å². The summed E-state index contributed by atoms with van der Waals surface area (Å²) >= 11 is 1.48. The van der Waals surface area contributed by atoms with Crippen molar-refractivity contribution >= 4 is 17.7 Å². The van der Waals surface area contributed by atoms with Crippen LogP contribution in [0.1, 0.15) is 19.8 Å². The lowest BCUT2D eigenvalue weighted by Crippen LogP contribution is -2.19. The highest BCUT2D eigenvalue weighted by molar-refractivity contribution is 8.01. The molecule has 0 radical (unpaired) electrons. The largest absolute Gasteiger partial charge is 0.480 e. The number of rotatable bonds is 3. The van der Waals surface area contributed by atoms with E-state index in [0.717, 1.165) is 12.8 Å². The molecule has 1 fully saturated rings. The van der Waals surface area contributed by atoms with E-state index in [9.17, 15) is 4.79 Å². The third-order valence-electron chi connectivity index (χ3n) is 2.27. The molecule has 10 heavy (non-hydrogen) atoms. The number of carbonyl (C=O) groups is 1. The van der Waals surface area contributed by atoms with E-state index in [-0.39, 0.29) is 0 Å². The van der Waals surface area contributed by atoms with Crippen LogP contribution in [0.15, 0.2) is 0 Å². The van der Waals surface area contributed by atoms with Crippen LogP contribution >= 0.6 is 11.8 Å². The minimum atomic E-state index is -0.633. The monoisotopic (exact) mass is 160 g/mol. The molecule has 0 aromatic carbocycles. The van der Waals surface area contributed by atoms with E-state index in [1.165, 1.54) is 11.8 Å². The van der Waals surface area contributed by atoms with Gasteiger partial charge >= 0.3 is 5.97 Å². The number of carboxylic acid groups (broad SMARTS) is 1. The molecule has 2 atom stereocenters. The van der Waals surface area contributed by atoms with Crippen molar-refractivity contribution in [1.29, 1.82) is 0 Å². The first-order valence-electron chi connectivity index (χ1n) is 3.46. The SMILES string of the molecule is CCC1CC1(SC)C(=O)O. The molecule has 1 aliphatic carbocycles. The molecule has 3 heteroatoms. The zero-order chi connectivity index (χ0) is 7.78. The Morgan fingerprint density at radius 2 is 2.50 bits per heavy atom. The summed E-state index contributed by atoms with van der Waals surface area (Å²) in [5, 5.41) is 8.78. The topological polar surface area (TPSA) is 37.3 Å². The Labute approximate surface area is 65.0 Å². The van der Waals surface area contributed by atoms with Crippen molar-refractivity contribution in [3.8, 4) is 0 Å². The summed E-state index contributed by atoms with van der Waals surface area (Å²) in [6, 6.07) is 0. The molecule has 0 amide bonds. The molecular formula is C7H12O2S. The normalized spacial score (nSPS) is 37.6. The average molecular weight is 160 g/mol. The zero-order valence-corrected chi connectivity index (χ0v) is 7.07. The standard InChI is InChI=1S/C7H12O2S/c1-3-5-4-7(5,10-2)6(8)9/h5H,3-4H2,1-2H3,(H,8,9). The minimum Gasteiger partial charge on any atom is -0.480 e. The highest BCUT2D eigenvalue weighted by atomic mass is 32.2. The Morgan fingerprint density at radius 1 is 1.90 bits per heavy atom. The van der Waals surface area contributed by atoms with Crippen LogP contribution in [0.5, 0.6) is 0 Å². The molecule has 1 aliphatic rings. The van der Waals surface area contributed by atoms with E-state index >= 15 is 0 Å². The van der Waals surface area contributed by atoms with Gasteiger partial charge in [0.25, 0.3) is 0 Å². The van der Waals surface area contributed by atoms with Crippen molar-refractivity contribution in [1.82, 2.24) is 0 Å². The number of carboxylic acids is 1. The van der Waals surface area contributed by atoms with Crippen molar-refractivity contribution in [2.45, 2.75) is 24.5 Å². The van der Waals surface area contributed by atoms with Crippen LogP contribution in [0.3, 0.4) is 0 Å². The van der Waals surface area contributed by atoms with Gasteiger partial charge in [-0.1, -0.05) is 13.3 Å². The van der Waals surface area contributed by atoms with Gasteiger partial charge in [0.15, 0.2) is 0 Å². The molecule has 1 saturated carbocycles. The van der Waals surface area contributed by atoms with E-state index < -0.39 is 10.7 Å². The number of hydrogen-bond donors (Lipinski definition) is 1. The van der Waals surface area contributed by atoms with Crippen molar-refractivity contribution in [2.24, 2.45) is 5.92 Å². The fraction of sp³-hybridized carbons (Fsp3) is 0.857. The Balaban J connectivity index is 2.59. The summed E-state index contributed by atoms with van der Waals surface area (Å²) in [5.41, 5.74) is 0. The lowest BCUT2D eigenvalue weighted by Gasteiger charge is -2.05. The maximum absolute atomic E-state index is 10.7.